The third kappa shape index (κ3) is 7.25. The molecule has 0 aliphatic carbocycles. The molecular formula is C20H38IN5O. The summed E-state index contributed by atoms with van der Waals surface area (Å²) in [7, 11) is 1.82. The van der Waals surface area contributed by atoms with E-state index in [2.05, 4.69) is 53.4 Å². The van der Waals surface area contributed by atoms with Crippen LogP contribution in [0.1, 0.15) is 70.8 Å². The number of rotatable bonds is 9. The number of nitrogens with one attached hydrogen (secondary N) is 2. The average Bonchev–Trinajstić information content (AvgIpc) is 3.32. The Morgan fingerprint density at radius 2 is 1.89 bits per heavy atom. The van der Waals surface area contributed by atoms with Gasteiger partial charge in [0, 0.05) is 25.7 Å². The first-order valence-corrected chi connectivity index (χ1v) is 10.2. The van der Waals surface area contributed by atoms with Crippen LogP contribution in [-0.4, -0.2) is 48.7 Å². The van der Waals surface area contributed by atoms with E-state index in [0.29, 0.717) is 18.5 Å². The monoisotopic (exact) mass is 491 g/mol. The van der Waals surface area contributed by atoms with Crippen LogP contribution in [0.3, 0.4) is 0 Å². The predicted molar refractivity (Wildman–Crippen MR) is 123 cm³/mol. The molecule has 7 heteroatoms. The highest BCUT2D eigenvalue weighted by Crippen LogP contribution is 2.22. The maximum absolute atomic E-state index is 5.40. The second-order valence-corrected chi connectivity index (χ2v) is 7.57. The molecule has 2 rings (SSSR count). The molecule has 0 radical (unpaired) electrons. The fourth-order valence-corrected chi connectivity index (χ4v) is 3.78. The molecular weight excluding hydrogens is 453 g/mol. The fourth-order valence-electron chi connectivity index (χ4n) is 3.78. The second-order valence-electron chi connectivity index (χ2n) is 7.57. The van der Waals surface area contributed by atoms with Gasteiger partial charge in [-0.05, 0) is 37.8 Å². The smallest absolute Gasteiger partial charge is 0.191 e. The third-order valence-electron chi connectivity index (χ3n) is 5.50. The first-order chi connectivity index (χ1) is 12.6. The molecule has 0 spiro atoms. The highest BCUT2D eigenvalue weighted by Gasteiger charge is 2.27. The van der Waals surface area contributed by atoms with Crippen molar-refractivity contribution in [2.75, 3.05) is 26.7 Å². The summed E-state index contributed by atoms with van der Waals surface area (Å²) in [6.07, 6.45) is 5.10. The van der Waals surface area contributed by atoms with Gasteiger partial charge < -0.3 is 15.2 Å². The van der Waals surface area contributed by atoms with Crippen molar-refractivity contribution in [3.63, 3.8) is 0 Å². The summed E-state index contributed by atoms with van der Waals surface area (Å²) in [5, 5.41) is 11.0. The molecule has 0 saturated carbocycles. The Bertz CT molecular complexity index is 548. The first-order valence-electron chi connectivity index (χ1n) is 10.2. The maximum Gasteiger partial charge on any atom is 0.191 e. The highest BCUT2D eigenvalue weighted by molar-refractivity contribution is 14.0. The number of likely N-dealkylation sites (tertiary alicyclic amines) is 1. The number of hydrogen-bond acceptors (Lipinski definition) is 4. The summed E-state index contributed by atoms with van der Waals surface area (Å²) in [5.41, 5.74) is 0.993. The number of halogens is 1. The first kappa shape index (κ1) is 24.2. The molecule has 0 amide bonds. The summed E-state index contributed by atoms with van der Waals surface area (Å²) in [6, 6.07) is 2.59. The molecule has 27 heavy (non-hydrogen) atoms. The molecule has 0 bridgehead atoms. The number of hydrogen-bond donors (Lipinski definition) is 2. The Balaban J connectivity index is 0.00000364. The van der Waals surface area contributed by atoms with Gasteiger partial charge in [0.1, 0.15) is 0 Å². The van der Waals surface area contributed by atoms with Crippen molar-refractivity contribution in [3.05, 3.63) is 17.5 Å². The lowest BCUT2D eigenvalue weighted by Crippen LogP contribution is -2.49. The van der Waals surface area contributed by atoms with Crippen LogP contribution in [-0.2, 0) is 6.54 Å². The zero-order valence-electron chi connectivity index (χ0n) is 17.6. The molecule has 1 aromatic rings. The van der Waals surface area contributed by atoms with Crippen molar-refractivity contribution in [1.29, 1.82) is 0 Å². The van der Waals surface area contributed by atoms with Gasteiger partial charge in [-0.1, -0.05) is 45.7 Å². The van der Waals surface area contributed by atoms with Gasteiger partial charge in [-0.15, -0.1) is 24.0 Å². The molecule has 2 N–H and O–H groups in total. The highest BCUT2D eigenvalue weighted by atomic mass is 127. The van der Waals surface area contributed by atoms with Gasteiger partial charge in [-0.25, -0.2) is 0 Å². The number of guanidine groups is 1. The molecule has 2 heterocycles. The molecule has 1 saturated heterocycles. The maximum atomic E-state index is 5.40. The van der Waals surface area contributed by atoms with Crippen molar-refractivity contribution >= 4 is 29.9 Å². The zero-order valence-corrected chi connectivity index (χ0v) is 20.0. The van der Waals surface area contributed by atoms with E-state index in [1.54, 1.807) is 0 Å². The van der Waals surface area contributed by atoms with Crippen LogP contribution in [0.15, 0.2) is 15.6 Å². The molecule has 156 valence electrons. The van der Waals surface area contributed by atoms with Gasteiger partial charge in [0.05, 0.1) is 12.2 Å². The van der Waals surface area contributed by atoms with Crippen LogP contribution < -0.4 is 10.6 Å². The fraction of sp³-hybridized carbons (Fsp3) is 0.800. The third-order valence-corrected chi connectivity index (χ3v) is 5.50. The van der Waals surface area contributed by atoms with E-state index in [-0.39, 0.29) is 24.0 Å². The number of nitrogens with zero attached hydrogens (tertiary/aromatic N) is 3. The summed E-state index contributed by atoms with van der Waals surface area (Å²) < 4.78 is 5.40. The Morgan fingerprint density at radius 3 is 2.41 bits per heavy atom. The summed E-state index contributed by atoms with van der Waals surface area (Å²) in [5.74, 6) is 2.77. The van der Waals surface area contributed by atoms with E-state index in [0.717, 1.165) is 29.9 Å². The summed E-state index contributed by atoms with van der Waals surface area (Å²) >= 11 is 0. The van der Waals surface area contributed by atoms with E-state index < -0.39 is 0 Å². The molecule has 1 aromatic heterocycles. The van der Waals surface area contributed by atoms with E-state index in [4.69, 9.17) is 4.52 Å². The van der Waals surface area contributed by atoms with E-state index in [1.165, 1.54) is 38.8 Å². The van der Waals surface area contributed by atoms with E-state index >= 15 is 0 Å². The zero-order chi connectivity index (χ0) is 18.9. The minimum absolute atomic E-state index is 0. The van der Waals surface area contributed by atoms with E-state index in [1.807, 2.05) is 13.1 Å². The van der Waals surface area contributed by atoms with Crippen LogP contribution >= 0.6 is 24.0 Å². The predicted octanol–water partition coefficient (Wildman–Crippen LogP) is 3.98. The normalized spacial score (nSPS) is 16.6. The quantitative estimate of drug-likeness (QED) is 0.311. The van der Waals surface area contributed by atoms with Crippen molar-refractivity contribution in [2.24, 2.45) is 10.9 Å². The van der Waals surface area contributed by atoms with Crippen molar-refractivity contribution < 1.29 is 4.52 Å². The largest absolute Gasteiger partial charge is 0.359 e. The lowest BCUT2D eigenvalue weighted by Gasteiger charge is -2.34. The topological polar surface area (TPSA) is 65.7 Å². The van der Waals surface area contributed by atoms with Gasteiger partial charge in [-0.3, -0.25) is 9.89 Å². The summed E-state index contributed by atoms with van der Waals surface area (Å²) in [6.45, 7) is 12.8. The van der Waals surface area contributed by atoms with Crippen molar-refractivity contribution in [3.8, 4) is 0 Å². The van der Waals surface area contributed by atoms with Gasteiger partial charge >= 0.3 is 0 Å². The Hall–Kier alpha value is -0.830. The lowest BCUT2D eigenvalue weighted by molar-refractivity contribution is 0.166. The standard InChI is InChI=1S/C20H37N5O.HI/c1-6-16(7-2)19(25-10-8-9-11-25)14-23-20(21-5)22-13-17-12-18(15(3)4)24-26-17;/h12,15-16,19H,6-11,13-14H2,1-5H3,(H2,21,22,23);1H. The van der Waals surface area contributed by atoms with Crippen LogP contribution in [0.25, 0.3) is 0 Å². The molecule has 1 unspecified atom stereocenters. The van der Waals surface area contributed by atoms with Crippen molar-refractivity contribution in [2.45, 2.75) is 71.9 Å². The van der Waals surface area contributed by atoms with Crippen molar-refractivity contribution in [1.82, 2.24) is 20.7 Å². The second kappa shape index (κ2) is 12.6. The number of aliphatic imine (C=N–C) groups is 1. The SMILES string of the molecule is CCC(CC)C(CNC(=NC)NCc1cc(C(C)C)no1)N1CCCC1.I. The summed E-state index contributed by atoms with van der Waals surface area (Å²) in [4.78, 5) is 7.02. The van der Waals surface area contributed by atoms with Crippen LogP contribution in [0.2, 0.25) is 0 Å². The molecule has 6 nitrogen and oxygen atoms in total. The Labute approximate surface area is 181 Å². The molecule has 0 aromatic carbocycles. The Morgan fingerprint density at radius 1 is 1.22 bits per heavy atom. The Kier molecular flexibility index (Phi) is 11.3. The van der Waals surface area contributed by atoms with Crippen LogP contribution in [0, 0.1) is 5.92 Å². The van der Waals surface area contributed by atoms with Gasteiger partial charge in [0.25, 0.3) is 0 Å². The van der Waals surface area contributed by atoms with Gasteiger partial charge in [-0.2, -0.15) is 0 Å². The van der Waals surface area contributed by atoms with Crippen LogP contribution in [0.5, 0.6) is 0 Å². The number of aromatic nitrogens is 1. The molecule has 1 atom stereocenters. The molecule has 1 fully saturated rings. The van der Waals surface area contributed by atoms with E-state index in [9.17, 15) is 0 Å². The van der Waals surface area contributed by atoms with Gasteiger partial charge in [0.15, 0.2) is 11.7 Å². The molecule has 1 aliphatic heterocycles. The van der Waals surface area contributed by atoms with Gasteiger partial charge in [0.2, 0.25) is 0 Å². The lowest BCUT2D eigenvalue weighted by atomic mass is 9.93. The minimum Gasteiger partial charge on any atom is -0.359 e. The molecule has 1 aliphatic rings. The van der Waals surface area contributed by atoms with Crippen LogP contribution in [0.4, 0.5) is 0 Å². The average molecular weight is 491 g/mol. The minimum atomic E-state index is 0.